The summed E-state index contributed by atoms with van der Waals surface area (Å²) < 4.78 is 27.3. The van der Waals surface area contributed by atoms with Crippen molar-refractivity contribution in [3.8, 4) is 12.3 Å². The Bertz CT molecular complexity index is 539. The largest absolute Gasteiger partial charge is 0.467 e. The summed E-state index contributed by atoms with van der Waals surface area (Å²) in [6.45, 7) is 5.25. The van der Waals surface area contributed by atoms with Crippen LogP contribution in [0.3, 0.4) is 0 Å². The maximum absolute atomic E-state index is 11.8. The lowest BCUT2D eigenvalue weighted by molar-refractivity contribution is -0.220. The van der Waals surface area contributed by atoms with Crippen LogP contribution in [0.2, 0.25) is 0 Å². The number of methoxy groups -OCH3 is 1. The number of carbonyl (C=O) groups excluding carboxylic acids is 2. The second-order valence-corrected chi connectivity index (χ2v) is 6.33. The van der Waals surface area contributed by atoms with Crippen molar-refractivity contribution in [1.29, 1.82) is 0 Å². The molecule has 0 aromatic carbocycles. The second-order valence-electron chi connectivity index (χ2n) is 6.33. The molecule has 2 saturated heterocycles. The van der Waals surface area contributed by atoms with Crippen LogP contribution >= 0.6 is 0 Å². The van der Waals surface area contributed by atoms with Crippen LogP contribution in [0.25, 0.3) is 0 Å². The zero-order valence-corrected chi connectivity index (χ0v) is 14.5. The standard InChI is InChI=1S/C16H23NO7/c1-7-16(4)9(22-14-11(16)23-15(2,3)24-14)8-21-10(12(18)17-5)13(19)20-6/h1,9-11,14H,8H2,2-6H3,(H,17,18)/t9-,10?,11+,14-,16+/m1/s1. The molecule has 1 unspecified atom stereocenters. The summed E-state index contributed by atoms with van der Waals surface area (Å²) in [6, 6.07) is 0. The Hall–Kier alpha value is -1.66. The van der Waals surface area contributed by atoms with E-state index in [9.17, 15) is 9.59 Å². The Morgan fingerprint density at radius 3 is 2.54 bits per heavy atom. The van der Waals surface area contributed by atoms with Gasteiger partial charge in [-0.05, 0) is 20.8 Å². The van der Waals surface area contributed by atoms with Gasteiger partial charge in [-0.15, -0.1) is 6.42 Å². The van der Waals surface area contributed by atoms with Crippen LogP contribution in [0.1, 0.15) is 20.8 Å². The SMILES string of the molecule is C#C[C@@]1(C)[C@@H](COC(C(=O)NC)C(=O)OC)O[C@@H]2OC(C)(C)O[C@@H]21. The number of fused-ring (bicyclic) bond motifs is 1. The summed E-state index contributed by atoms with van der Waals surface area (Å²) in [6.07, 6.45) is 2.58. The highest BCUT2D eigenvalue weighted by Gasteiger charge is 2.61. The van der Waals surface area contributed by atoms with E-state index in [0.29, 0.717) is 0 Å². The summed E-state index contributed by atoms with van der Waals surface area (Å²) >= 11 is 0. The van der Waals surface area contributed by atoms with Crippen molar-refractivity contribution >= 4 is 11.9 Å². The van der Waals surface area contributed by atoms with Gasteiger partial charge in [0, 0.05) is 7.05 Å². The van der Waals surface area contributed by atoms with E-state index in [1.54, 1.807) is 20.8 Å². The molecule has 0 spiro atoms. The summed E-state index contributed by atoms with van der Waals surface area (Å²) in [5, 5.41) is 2.35. The smallest absolute Gasteiger partial charge is 0.344 e. The summed E-state index contributed by atoms with van der Waals surface area (Å²) in [7, 11) is 2.57. The molecule has 2 rings (SSSR count). The Kier molecular flexibility index (Phi) is 5.20. The van der Waals surface area contributed by atoms with Gasteiger partial charge in [-0.25, -0.2) is 4.79 Å². The first-order valence-corrected chi connectivity index (χ1v) is 7.58. The normalized spacial score (nSPS) is 34.9. The van der Waals surface area contributed by atoms with Gasteiger partial charge < -0.3 is 29.0 Å². The van der Waals surface area contributed by atoms with E-state index < -0.39 is 47.7 Å². The number of carbonyl (C=O) groups is 2. The predicted molar refractivity (Wildman–Crippen MR) is 81.5 cm³/mol. The van der Waals surface area contributed by atoms with E-state index in [-0.39, 0.29) is 6.61 Å². The lowest BCUT2D eigenvalue weighted by atomic mass is 9.81. The molecular formula is C16H23NO7. The maximum atomic E-state index is 11.8. The number of esters is 1. The number of amides is 1. The molecule has 1 amide bonds. The van der Waals surface area contributed by atoms with Gasteiger partial charge in [0.25, 0.3) is 5.91 Å². The minimum atomic E-state index is -1.40. The molecule has 5 atom stereocenters. The molecule has 2 aliphatic rings. The molecule has 0 aromatic rings. The third kappa shape index (κ3) is 3.26. The first kappa shape index (κ1) is 18.7. The van der Waals surface area contributed by atoms with Gasteiger partial charge in [-0.2, -0.15) is 0 Å². The van der Waals surface area contributed by atoms with E-state index in [1.165, 1.54) is 14.2 Å². The molecule has 8 heteroatoms. The first-order chi connectivity index (χ1) is 11.2. The molecular weight excluding hydrogens is 318 g/mol. The second kappa shape index (κ2) is 6.69. The fraction of sp³-hybridized carbons (Fsp3) is 0.750. The number of terminal acetylenes is 1. The minimum Gasteiger partial charge on any atom is -0.467 e. The van der Waals surface area contributed by atoms with Crippen molar-refractivity contribution in [3.05, 3.63) is 0 Å². The van der Waals surface area contributed by atoms with Crippen molar-refractivity contribution in [3.63, 3.8) is 0 Å². The van der Waals surface area contributed by atoms with Gasteiger partial charge in [-0.1, -0.05) is 5.92 Å². The minimum absolute atomic E-state index is 0.0893. The summed E-state index contributed by atoms with van der Waals surface area (Å²) in [5.74, 6) is 0.470. The van der Waals surface area contributed by atoms with Gasteiger partial charge in [0.2, 0.25) is 6.10 Å². The highest BCUT2D eigenvalue weighted by atomic mass is 16.8. The van der Waals surface area contributed by atoms with E-state index in [0.717, 1.165) is 0 Å². The average Bonchev–Trinajstić information content (AvgIpc) is 2.98. The van der Waals surface area contributed by atoms with Crippen LogP contribution in [0.5, 0.6) is 0 Å². The molecule has 0 aromatic heterocycles. The molecule has 2 fully saturated rings. The quantitative estimate of drug-likeness (QED) is 0.421. The fourth-order valence-corrected chi connectivity index (χ4v) is 2.78. The predicted octanol–water partition coefficient (Wildman–Crippen LogP) is -0.193. The lowest BCUT2D eigenvalue weighted by Gasteiger charge is -2.31. The van der Waals surface area contributed by atoms with Gasteiger partial charge >= 0.3 is 5.97 Å². The molecule has 0 radical (unpaired) electrons. The van der Waals surface area contributed by atoms with Gasteiger partial charge in [0.15, 0.2) is 12.1 Å². The van der Waals surface area contributed by atoms with Crippen molar-refractivity contribution in [2.24, 2.45) is 5.41 Å². The topological polar surface area (TPSA) is 92.3 Å². The molecule has 0 saturated carbocycles. The van der Waals surface area contributed by atoms with E-state index in [4.69, 9.17) is 25.4 Å². The van der Waals surface area contributed by atoms with E-state index in [2.05, 4.69) is 16.0 Å². The number of hydrogen-bond acceptors (Lipinski definition) is 7. The Balaban J connectivity index is 2.09. The van der Waals surface area contributed by atoms with E-state index >= 15 is 0 Å². The highest BCUT2D eigenvalue weighted by molar-refractivity contribution is 6.00. The molecule has 0 aliphatic carbocycles. The maximum Gasteiger partial charge on any atom is 0.344 e. The van der Waals surface area contributed by atoms with Crippen LogP contribution in [0.15, 0.2) is 0 Å². The fourth-order valence-electron chi connectivity index (χ4n) is 2.78. The number of nitrogens with one attached hydrogen (secondary N) is 1. The Morgan fingerprint density at radius 1 is 1.33 bits per heavy atom. The Labute approximate surface area is 141 Å². The molecule has 1 N–H and O–H groups in total. The zero-order chi connectivity index (χ0) is 18.1. The molecule has 2 heterocycles. The third-order valence-electron chi connectivity index (χ3n) is 4.24. The monoisotopic (exact) mass is 341 g/mol. The van der Waals surface area contributed by atoms with Crippen molar-refractivity contribution in [2.45, 2.75) is 51.2 Å². The molecule has 0 bridgehead atoms. The number of rotatable bonds is 5. The van der Waals surface area contributed by atoms with Crippen molar-refractivity contribution in [1.82, 2.24) is 5.32 Å². The number of likely N-dealkylation sites (N-methyl/N-ethyl adjacent to an activating group) is 1. The van der Waals surface area contributed by atoms with E-state index in [1.807, 2.05) is 0 Å². The van der Waals surface area contributed by atoms with Crippen LogP contribution in [-0.2, 0) is 33.3 Å². The summed E-state index contributed by atoms with van der Waals surface area (Å²) in [5.41, 5.74) is -0.832. The third-order valence-corrected chi connectivity index (χ3v) is 4.24. The Morgan fingerprint density at radius 2 is 2.00 bits per heavy atom. The molecule has 2 aliphatic heterocycles. The summed E-state index contributed by atoms with van der Waals surface area (Å²) in [4.78, 5) is 23.5. The van der Waals surface area contributed by atoms with Crippen LogP contribution in [0, 0.1) is 17.8 Å². The van der Waals surface area contributed by atoms with Crippen LogP contribution in [-0.4, -0.2) is 63.0 Å². The molecule has 24 heavy (non-hydrogen) atoms. The highest BCUT2D eigenvalue weighted by Crippen LogP contribution is 2.47. The van der Waals surface area contributed by atoms with Gasteiger partial charge in [-0.3, -0.25) is 4.79 Å². The molecule has 8 nitrogen and oxygen atoms in total. The van der Waals surface area contributed by atoms with Crippen molar-refractivity contribution in [2.75, 3.05) is 20.8 Å². The van der Waals surface area contributed by atoms with Gasteiger partial charge in [0.05, 0.1) is 19.1 Å². The number of ether oxygens (including phenoxy) is 5. The van der Waals surface area contributed by atoms with Crippen LogP contribution < -0.4 is 5.32 Å². The van der Waals surface area contributed by atoms with Crippen LogP contribution in [0.4, 0.5) is 0 Å². The zero-order valence-electron chi connectivity index (χ0n) is 14.5. The first-order valence-electron chi connectivity index (χ1n) is 7.58. The molecule has 134 valence electrons. The number of hydrogen-bond donors (Lipinski definition) is 1. The lowest BCUT2D eigenvalue weighted by Crippen LogP contribution is -2.45. The van der Waals surface area contributed by atoms with Gasteiger partial charge in [0.1, 0.15) is 12.2 Å². The van der Waals surface area contributed by atoms with Crippen molar-refractivity contribution < 1.29 is 33.3 Å². The average molecular weight is 341 g/mol.